The van der Waals surface area contributed by atoms with Crippen LogP contribution in [0, 0.1) is 23.7 Å². The standard InChI is InChI=1S/C58H45NO/c1-4-12-39(13-5-1)42-20-25-53-51(34-42)52-35-46(23-26-54(52)58(53)44-29-37-28-38(31-44)32-45(58)30-37)59(47-22-24-49-48-18-10-11-19-56(48)60-57(49)36-47)55-27-21-43(40-14-6-2-7-15-40)33-50(55)41-16-8-3-9-17-41/h1-27,33-38,44-45H,28-32H2. The maximum absolute atomic E-state index is 6.59. The maximum atomic E-state index is 6.59. The summed E-state index contributed by atoms with van der Waals surface area (Å²) in [6.45, 7) is 0. The van der Waals surface area contributed by atoms with Crippen molar-refractivity contribution in [2.45, 2.75) is 37.5 Å². The summed E-state index contributed by atoms with van der Waals surface area (Å²) in [6, 6.07) is 69.9. The summed E-state index contributed by atoms with van der Waals surface area (Å²) in [6.07, 6.45) is 6.92. The highest BCUT2D eigenvalue weighted by molar-refractivity contribution is 6.06. The molecule has 9 aromatic rings. The van der Waals surface area contributed by atoms with Crippen LogP contribution in [-0.2, 0) is 5.41 Å². The molecular weight excluding hydrogens is 727 g/mol. The summed E-state index contributed by atoms with van der Waals surface area (Å²) < 4.78 is 6.59. The van der Waals surface area contributed by atoms with Crippen molar-refractivity contribution >= 4 is 39.0 Å². The highest BCUT2D eigenvalue weighted by Gasteiger charge is 2.61. The van der Waals surface area contributed by atoms with Crippen LogP contribution in [0.1, 0.15) is 43.2 Å². The zero-order chi connectivity index (χ0) is 39.4. The van der Waals surface area contributed by atoms with E-state index in [4.69, 9.17) is 4.42 Å². The van der Waals surface area contributed by atoms with Crippen LogP contribution in [0.3, 0.4) is 0 Å². The summed E-state index contributed by atoms with van der Waals surface area (Å²) in [5.41, 5.74) is 18.6. The Kier molecular flexibility index (Phi) is 7.52. The highest BCUT2D eigenvalue weighted by Crippen LogP contribution is 2.70. The molecule has 1 spiro atoms. The van der Waals surface area contributed by atoms with E-state index in [9.17, 15) is 0 Å². The summed E-state index contributed by atoms with van der Waals surface area (Å²) >= 11 is 0. The zero-order valence-corrected chi connectivity index (χ0v) is 33.6. The predicted octanol–water partition coefficient (Wildman–Crippen LogP) is 15.8. The Balaban J connectivity index is 1.06. The van der Waals surface area contributed by atoms with Crippen LogP contribution in [0.4, 0.5) is 17.1 Å². The van der Waals surface area contributed by atoms with E-state index in [2.05, 4.69) is 193 Å². The lowest BCUT2D eigenvalue weighted by atomic mass is 9.43. The molecule has 0 aliphatic heterocycles. The number of benzene rings is 8. The van der Waals surface area contributed by atoms with Gasteiger partial charge in [0.2, 0.25) is 0 Å². The van der Waals surface area contributed by atoms with Gasteiger partial charge in [0.25, 0.3) is 0 Å². The van der Waals surface area contributed by atoms with Crippen molar-refractivity contribution in [2.24, 2.45) is 23.7 Å². The van der Waals surface area contributed by atoms with Gasteiger partial charge in [-0.2, -0.15) is 0 Å². The van der Waals surface area contributed by atoms with Crippen LogP contribution in [0.25, 0.3) is 66.4 Å². The topological polar surface area (TPSA) is 16.4 Å². The Labute approximate surface area is 351 Å². The minimum Gasteiger partial charge on any atom is -0.456 e. The lowest BCUT2D eigenvalue weighted by Gasteiger charge is -2.61. The van der Waals surface area contributed by atoms with E-state index in [1.54, 1.807) is 11.1 Å². The van der Waals surface area contributed by atoms with Crippen LogP contribution in [0.5, 0.6) is 0 Å². The predicted molar refractivity (Wildman–Crippen MR) is 248 cm³/mol. The van der Waals surface area contributed by atoms with Crippen molar-refractivity contribution in [3.8, 4) is 44.5 Å². The van der Waals surface area contributed by atoms with Gasteiger partial charge in [0, 0.05) is 39.2 Å². The smallest absolute Gasteiger partial charge is 0.137 e. The number of furan rings is 1. The van der Waals surface area contributed by atoms with Gasteiger partial charge < -0.3 is 9.32 Å². The summed E-state index contributed by atoms with van der Waals surface area (Å²) in [5, 5.41) is 2.28. The van der Waals surface area contributed by atoms with Gasteiger partial charge in [-0.3, -0.25) is 0 Å². The van der Waals surface area contributed by atoms with Crippen molar-refractivity contribution < 1.29 is 4.42 Å². The van der Waals surface area contributed by atoms with E-state index in [1.165, 1.54) is 76.6 Å². The number of anilines is 3. The fourth-order valence-corrected chi connectivity index (χ4v) is 12.8. The third-order valence-electron chi connectivity index (χ3n) is 15.0. The monoisotopic (exact) mass is 771 g/mol. The van der Waals surface area contributed by atoms with Gasteiger partial charge in [0.05, 0.1) is 5.69 Å². The first-order valence-electron chi connectivity index (χ1n) is 22.0. The first kappa shape index (κ1) is 34.2. The fourth-order valence-electron chi connectivity index (χ4n) is 12.8. The van der Waals surface area contributed by atoms with Gasteiger partial charge in [0.1, 0.15) is 11.2 Å². The van der Waals surface area contributed by atoms with E-state index in [0.717, 1.165) is 50.8 Å². The molecule has 1 aromatic heterocycles. The summed E-state index contributed by atoms with van der Waals surface area (Å²) in [4.78, 5) is 2.49. The normalized spacial score (nSPS) is 22.1. The Hall–Kier alpha value is -6.64. The molecule has 0 saturated heterocycles. The lowest BCUT2D eigenvalue weighted by Crippen LogP contribution is -2.55. The molecular formula is C58H45NO. The molecule has 0 atom stereocenters. The van der Waals surface area contributed by atoms with Gasteiger partial charge >= 0.3 is 0 Å². The van der Waals surface area contributed by atoms with Crippen molar-refractivity contribution in [3.63, 3.8) is 0 Å². The number of hydrogen-bond donors (Lipinski definition) is 0. The molecule has 60 heavy (non-hydrogen) atoms. The molecule has 5 aliphatic carbocycles. The van der Waals surface area contributed by atoms with Gasteiger partial charge in [-0.1, -0.05) is 133 Å². The molecule has 0 amide bonds. The molecule has 8 aromatic carbocycles. The Bertz CT molecular complexity index is 3080. The third kappa shape index (κ3) is 5.07. The van der Waals surface area contributed by atoms with Crippen LogP contribution in [0.15, 0.2) is 192 Å². The molecule has 1 heterocycles. The average Bonchev–Trinajstić information content (AvgIpc) is 3.82. The van der Waals surface area contributed by atoms with Gasteiger partial charge in [0.15, 0.2) is 0 Å². The highest BCUT2D eigenvalue weighted by atomic mass is 16.3. The van der Waals surface area contributed by atoms with Crippen molar-refractivity contribution in [2.75, 3.05) is 4.90 Å². The second kappa shape index (κ2) is 13.2. The maximum Gasteiger partial charge on any atom is 0.137 e. The molecule has 5 aliphatic rings. The summed E-state index contributed by atoms with van der Waals surface area (Å²) in [7, 11) is 0. The largest absolute Gasteiger partial charge is 0.456 e. The van der Waals surface area contributed by atoms with Crippen molar-refractivity contribution in [1.82, 2.24) is 0 Å². The third-order valence-corrected chi connectivity index (χ3v) is 15.0. The van der Waals surface area contributed by atoms with E-state index in [1.807, 2.05) is 0 Å². The number of hydrogen-bond acceptors (Lipinski definition) is 2. The van der Waals surface area contributed by atoms with E-state index in [0.29, 0.717) is 11.8 Å². The van der Waals surface area contributed by atoms with E-state index < -0.39 is 0 Å². The second-order valence-corrected chi connectivity index (χ2v) is 18.1. The number of rotatable bonds is 6. The molecule has 4 bridgehead atoms. The minimum atomic E-state index is 0.0797. The van der Waals surface area contributed by atoms with Crippen molar-refractivity contribution in [1.29, 1.82) is 0 Å². The quantitative estimate of drug-likeness (QED) is 0.167. The molecule has 2 nitrogen and oxygen atoms in total. The molecule has 0 unspecified atom stereocenters. The zero-order valence-electron chi connectivity index (χ0n) is 33.6. The second-order valence-electron chi connectivity index (χ2n) is 18.1. The van der Waals surface area contributed by atoms with E-state index in [-0.39, 0.29) is 5.41 Å². The fraction of sp³-hybridized carbons (Fsp3) is 0.172. The molecule has 4 fully saturated rings. The SMILES string of the molecule is c1ccc(-c2ccc(N(c3ccc4c(c3)-c3cc(-c5ccccc5)ccc3C43C4CC5CC(C4)CC3C5)c3ccc4c(c3)oc3ccccc34)c(-c3ccccc3)c2)cc1. The summed E-state index contributed by atoms with van der Waals surface area (Å²) in [5.74, 6) is 3.19. The molecule has 0 N–H and O–H groups in total. The van der Waals surface area contributed by atoms with Crippen molar-refractivity contribution in [3.05, 3.63) is 199 Å². The number of fused-ring (bicyclic) bond motifs is 6. The van der Waals surface area contributed by atoms with Crippen LogP contribution in [0.2, 0.25) is 0 Å². The number of nitrogens with zero attached hydrogens (tertiary/aromatic N) is 1. The molecule has 0 radical (unpaired) electrons. The molecule has 2 heteroatoms. The number of para-hydroxylation sites is 1. The molecule has 14 rings (SSSR count). The lowest BCUT2D eigenvalue weighted by molar-refractivity contribution is -0.0399. The van der Waals surface area contributed by atoms with Gasteiger partial charge in [-0.05, 0) is 154 Å². The van der Waals surface area contributed by atoms with Gasteiger partial charge in [-0.15, -0.1) is 0 Å². The van der Waals surface area contributed by atoms with Crippen LogP contribution >= 0.6 is 0 Å². The molecule has 4 saturated carbocycles. The Morgan fingerprint density at radius 1 is 0.383 bits per heavy atom. The van der Waals surface area contributed by atoms with E-state index >= 15 is 0 Å². The Morgan fingerprint density at radius 3 is 1.58 bits per heavy atom. The minimum absolute atomic E-state index is 0.0797. The Morgan fingerprint density at radius 2 is 0.900 bits per heavy atom. The van der Waals surface area contributed by atoms with Gasteiger partial charge in [-0.25, -0.2) is 0 Å². The van der Waals surface area contributed by atoms with Crippen LogP contribution in [-0.4, -0.2) is 0 Å². The first-order chi connectivity index (χ1) is 29.7. The molecule has 288 valence electrons. The first-order valence-corrected chi connectivity index (χ1v) is 22.0. The van der Waals surface area contributed by atoms with Crippen LogP contribution < -0.4 is 4.90 Å². The average molecular weight is 772 g/mol.